The normalized spacial score (nSPS) is 12.4. The number of carbonyl (C=O) groups excluding carboxylic acids is 2. The Balaban J connectivity index is 2.09. The van der Waals surface area contributed by atoms with Crippen molar-refractivity contribution in [3.8, 4) is 0 Å². The fourth-order valence-electron chi connectivity index (χ4n) is 3.44. The van der Waals surface area contributed by atoms with Crippen molar-refractivity contribution in [2.24, 2.45) is 0 Å². The molecular formula is C25H33Cl2N3O4S. The second kappa shape index (κ2) is 13.8. The summed E-state index contributed by atoms with van der Waals surface area (Å²) in [6, 6.07) is 12.5. The molecule has 0 radical (unpaired) electrons. The number of carbonyl (C=O) groups is 2. The molecule has 1 unspecified atom stereocenters. The van der Waals surface area contributed by atoms with Gasteiger partial charge in [0.2, 0.25) is 21.8 Å². The molecule has 2 aromatic rings. The number of hydrogen-bond donors (Lipinski definition) is 1. The average Bonchev–Trinajstić information content (AvgIpc) is 2.84. The molecule has 10 heteroatoms. The maximum atomic E-state index is 13.2. The summed E-state index contributed by atoms with van der Waals surface area (Å²) >= 11 is 12.2. The number of nitrogens with one attached hydrogen (secondary N) is 1. The maximum absolute atomic E-state index is 13.2. The second-order valence-electron chi connectivity index (χ2n) is 8.33. The third-order valence-corrected chi connectivity index (χ3v) is 8.26. The monoisotopic (exact) mass is 541 g/mol. The van der Waals surface area contributed by atoms with Crippen LogP contribution in [0.5, 0.6) is 0 Å². The molecule has 0 heterocycles. The highest BCUT2D eigenvalue weighted by atomic mass is 35.5. The van der Waals surface area contributed by atoms with Crippen LogP contribution in [0.1, 0.15) is 45.1 Å². The molecular weight excluding hydrogens is 509 g/mol. The Morgan fingerprint density at radius 2 is 1.71 bits per heavy atom. The molecule has 1 N–H and O–H groups in total. The second-order valence-corrected chi connectivity index (χ2v) is 11.2. The molecule has 0 bridgehead atoms. The summed E-state index contributed by atoms with van der Waals surface area (Å²) in [5.74, 6) is -0.490. The van der Waals surface area contributed by atoms with Crippen molar-refractivity contribution in [1.82, 2.24) is 14.5 Å². The summed E-state index contributed by atoms with van der Waals surface area (Å²) in [5.41, 5.74) is 0.740. The van der Waals surface area contributed by atoms with Crippen molar-refractivity contribution in [3.63, 3.8) is 0 Å². The van der Waals surface area contributed by atoms with Crippen LogP contribution in [0.3, 0.4) is 0 Å². The lowest BCUT2D eigenvalue weighted by Crippen LogP contribution is -2.47. The van der Waals surface area contributed by atoms with Gasteiger partial charge in [-0.1, -0.05) is 60.8 Å². The van der Waals surface area contributed by atoms with E-state index in [1.165, 1.54) is 28.4 Å². The SMILES string of the molecule is CCCCNC(=O)C(C)N(Cc1ccc(Cl)c(Cl)c1)C(=O)CCCN(C)S(=O)(=O)c1ccccc1. The lowest BCUT2D eigenvalue weighted by atomic mass is 10.1. The van der Waals surface area contributed by atoms with Crippen LogP contribution in [-0.4, -0.2) is 55.6 Å². The molecule has 0 aliphatic carbocycles. The molecule has 192 valence electrons. The van der Waals surface area contributed by atoms with Crippen LogP contribution in [0.15, 0.2) is 53.4 Å². The number of hydrogen-bond acceptors (Lipinski definition) is 4. The van der Waals surface area contributed by atoms with E-state index in [0.29, 0.717) is 23.0 Å². The summed E-state index contributed by atoms with van der Waals surface area (Å²) in [6.45, 7) is 4.60. The number of benzene rings is 2. The first-order valence-electron chi connectivity index (χ1n) is 11.6. The van der Waals surface area contributed by atoms with E-state index in [1.54, 1.807) is 43.3 Å². The third kappa shape index (κ3) is 8.49. The van der Waals surface area contributed by atoms with E-state index in [1.807, 2.05) is 6.92 Å². The zero-order valence-corrected chi connectivity index (χ0v) is 22.7. The van der Waals surface area contributed by atoms with Gasteiger partial charge in [0.25, 0.3) is 0 Å². The molecule has 2 rings (SSSR count). The van der Waals surface area contributed by atoms with Crippen LogP contribution < -0.4 is 5.32 Å². The van der Waals surface area contributed by atoms with E-state index in [2.05, 4.69) is 5.32 Å². The van der Waals surface area contributed by atoms with Crippen LogP contribution in [0, 0.1) is 0 Å². The smallest absolute Gasteiger partial charge is 0.242 e. The molecule has 2 amide bonds. The molecule has 1 atom stereocenters. The van der Waals surface area contributed by atoms with E-state index in [4.69, 9.17) is 23.2 Å². The van der Waals surface area contributed by atoms with Crippen LogP contribution in [0.25, 0.3) is 0 Å². The molecule has 0 fully saturated rings. The molecule has 0 aromatic heterocycles. The van der Waals surface area contributed by atoms with Gasteiger partial charge in [-0.05, 0) is 49.6 Å². The van der Waals surface area contributed by atoms with Crippen molar-refractivity contribution in [1.29, 1.82) is 0 Å². The molecule has 0 saturated heterocycles. The summed E-state index contributed by atoms with van der Waals surface area (Å²) < 4.78 is 26.7. The zero-order chi connectivity index (χ0) is 26.0. The molecule has 0 aliphatic rings. The molecule has 7 nitrogen and oxygen atoms in total. The van der Waals surface area contributed by atoms with Crippen LogP contribution >= 0.6 is 23.2 Å². The van der Waals surface area contributed by atoms with Gasteiger partial charge in [-0.25, -0.2) is 12.7 Å². The molecule has 0 aliphatic heterocycles. The maximum Gasteiger partial charge on any atom is 0.242 e. The Labute approximate surface area is 218 Å². The molecule has 35 heavy (non-hydrogen) atoms. The summed E-state index contributed by atoms with van der Waals surface area (Å²) in [6.07, 6.45) is 2.19. The van der Waals surface area contributed by atoms with Gasteiger partial charge in [0.15, 0.2) is 0 Å². The zero-order valence-electron chi connectivity index (χ0n) is 20.3. The van der Waals surface area contributed by atoms with Gasteiger partial charge < -0.3 is 10.2 Å². The summed E-state index contributed by atoms with van der Waals surface area (Å²) in [5, 5.41) is 3.64. The Morgan fingerprint density at radius 3 is 2.34 bits per heavy atom. The standard InChI is InChI=1S/C25H33Cl2N3O4S/c1-4-5-15-28-25(32)19(2)30(18-20-13-14-22(26)23(27)17-20)24(31)12-9-16-29(3)35(33,34)21-10-7-6-8-11-21/h6-8,10-11,13-14,17,19H,4-5,9,12,15-16,18H2,1-3H3,(H,28,32). The minimum atomic E-state index is -3.64. The largest absolute Gasteiger partial charge is 0.354 e. The third-order valence-electron chi connectivity index (χ3n) is 5.65. The number of nitrogens with zero attached hydrogens (tertiary/aromatic N) is 2. The lowest BCUT2D eigenvalue weighted by molar-refractivity contribution is -0.140. The molecule has 0 saturated carbocycles. The average molecular weight is 543 g/mol. The number of unbranched alkanes of at least 4 members (excludes halogenated alkanes) is 1. The number of rotatable bonds is 13. The fraction of sp³-hybridized carbons (Fsp3) is 0.440. The highest BCUT2D eigenvalue weighted by Crippen LogP contribution is 2.24. The van der Waals surface area contributed by atoms with Crippen molar-refractivity contribution in [3.05, 3.63) is 64.1 Å². The first-order chi connectivity index (χ1) is 16.6. The minimum absolute atomic E-state index is 0.0859. The van der Waals surface area contributed by atoms with Crippen molar-refractivity contribution in [2.75, 3.05) is 20.1 Å². The minimum Gasteiger partial charge on any atom is -0.354 e. The van der Waals surface area contributed by atoms with Crippen LogP contribution in [0.2, 0.25) is 10.0 Å². The predicted molar refractivity (Wildman–Crippen MR) is 140 cm³/mol. The first-order valence-corrected chi connectivity index (χ1v) is 13.8. The quantitative estimate of drug-likeness (QED) is 0.371. The topological polar surface area (TPSA) is 86.8 Å². The Morgan fingerprint density at radius 1 is 1.03 bits per heavy atom. The first kappa shape index (κ1) is 29.1. The number of amides is 2. The Hall–Kier alpha value is -2.13. The van der Waals surface area contributed by atoms with Gasteiger partial charge in [0.05, 0.1) is 14.9 Å². The van der Waals surface area contributed by atoms with E-state index in [0.717, 1.165) is 18.4 Å². The summed E-state index contributed by atoms with van der Waals surface area (Å²) in [7, 11) is -2.15. The van der Waals surface area contributed by atoms with Gasteiger partial charge in [-0.2, -0.15) is 0 Å². The van der Waals surface area contributed by atoms with Gasteiger partial charge in [0, 0.05) is 33.1 Å². The highest BCUT2D eigenvalue weighted by molar-refractivity contribution is 7.89. The Kier molecular flexibility index (Phi) is 11.5. The van der Waals surface area contributed by atoms with Crippen molar-refractivity contribution in [2.45, 2.75) is 57.0 Å². The number of sulfonamides is 1. The highest BCUT2D eigenvalue weighted by Gasteiger charge is 2.27. The van der Waals surface area contributed by atoms with Gasteiger partial charge in [0.1, 0.15) is 6.04 Å². The van der Waals surface area contributed by atoms with E-state index < -0.39 is 16.1 Å². The van der Waals surface area contributed by atoms with Crippen LogP contribution in [0.4, 0.5) is 0 Å². The lowest BCUT2D eigenvalue weighted by Gasteiger charge is -2.29. The number of halogens is 2. The van der Waals surface area contributed by atoms with Gasteiger partial charge >= 0.3 is 0 Å². The predicted octanol–water partition coefficient (Wildman–Crippen LogP) is 4.73. The van der Waals surface area contributed by atoms with Gasteiger partial charge in [-0.15, -0.1) is 0 Å². The van der Waals surface area contributed by atoms with Crippen LogP contribution in [-0.2, 0) is 26.2 Å². The van der Waals surface area contributed by atoms with E-state index >= 15 is 0 Å². The van der Waals surface area contributed by atoms with Crippen molar-refractivity contribution < 1.29 is 18.0 Å². The van der Waals surface area contributed by atoms with Gasteiger partial charge in [-0.3, -0.25) is 9.59 Å². The fourth-order valence-corrected chi connectivity index (χ4v) is 4.99. The molecule has 2 aromatic carbocycles. The van der Waals surface area contributed by atoms with E-state index in [9.17, 15) is 18.0 Å². The summed E-state index contributed by atoms with van der Waals surface area (Å²) in [4.78, 5) is 27.6. The van der Waals surface area contributed by atoms with Crippen molar-refractivity contribution >= 4 is 45.0 Å². The van der Waals surface area contributed by atoms with E-state index in [-0.39, 0.29) is 36.2 Å². The Bertz CT molecular complexity index is 1100. The molecule has 0 spiro atoms.